The number of carbonyl (C=O) groups excluding carboxylic acids is 1. The van der Waals surface area contributed by atoms with E-state index >= 15 is 0 Å². The molecule has 0 spiro atoms. The van der Waals surface area contributed by atoms with E-state index in [1.807, 2.05) is 37.3 Å². The Morgan fingerprint density at radius 1 is 1.17 bits per heavy atom. The number of benzene rings is 2. The molecule has 0 radical (unpaired) electrons. The zero-order valence-electron chi connectivity index (χ0n) is 10.2. The first-order valence-corrected chi connectivity index (χ1v) is 5.93. The van der Waals surface area contributed by atoms with Crippen molar-refractivity contribution in [3.8, 4) is 16.9 Å². The van der Waals surface area contributed by atoms with Gasteiger partial charge < -0.3 is 4.74 Å². The van der Waals surface area contributed by atoms with Crippen LogP contribution in [0.5, 0.6) is 5.75 Å². The highest BCUT2D eigenvalue weighted by molar-refractivity contribution is 6.32. The van der Waals surface area contributed by atoms with E-state index in [0.717, 1.165) is 23.0 Å². The molecule has 0 amide bonds. The molecule has 0 N–H and O–H groups in total. The van der Waals surface area contributed by atoms with Crippen LogP contribution in [-0.2, 0) is 0 Å². The maximum absolute atomic E-state index is 10.7. The van der Waals surface area contributed by atoms with E-state index < -0.39 is 0 Å². The molecule has 0 heterocycles. The van der Waals surface area contributed by atoms with Crippen LogP contribution in [0.4, 0.5) is 0 Å². The Morgan fingerprint density at radius 2 is 1.94 bits per heavy atom. The largest absolute Gasteiger partial charge is 0.495 e. The summed E-state index contributed by atoms with van der Waals surface area (Å²) in [6, 6.07) is 11.2. The molecule has 0 atom stereocenters. The predicted octanol–water partition coefficient (Wildman–Crippen LogP) is 4.14. The highest BCUT2D eigenvalue weighted by atomic mass is 35.5. The molecular weight excluding hydrogens is 248 g/mol. The van der Waals surface area contributed by atoms with E-state index in [1.54, 1.807) is 13.2 Å². The monoisotopic (exact) mass is 260 g/mol. The molecule has 0 aliphatic rings. The van der Waals surface area contributed by atoms with Gasteiger partial charge in [0.15, 0.2) is 0 Å². The van der Waals surface area contributed by atoms with Crippen molar-refractivity contribution in [3.63, 3.8) is 0 Å². The van der Waals surface area contributed by atoms with Crippen LogP contribution in [0.15, 0.2) is 36.4 Å². The van der Waals surface area contributed by atoms with Gasteiger partial charge in [-0.15, -0.1) is 0 Å². The first-order valence-electron chi connectivity index (χ1n) is 5.55. The molecule has 2 rings (SSSR count). The fraction of sp³-hybridized carbons (Fsp3) is 0.133. The first kappa shape index (κ1) is 12.7. The third kappa shape index (κ3) is 2.39. The van der Waals surface area contributed by atoms with Crippen LogP contribution in [0.1, 0.15) is 15.9 Å². The van der Waals surface area contributed by atoms with Crippen LogP contribution < -0.4 is 4.74 Å². The lowest BCUT2D eigenvalue weighted by atomic mass is 9.98. The molecule has 0 aliphatic carbocycles. The summed E-state index contributed by atoms with van der Waals surface area (Å²) in [6.07, 6.45) is 0.846. The lowest BCUT2D eigenvalue weighted by Crippen LogP contribution is -1.89. The second-order valence-electron chi connectivity index (χ2n) is 4.04. The molecule has 3 heteroatoms. The normalized spacial score (nSPS) is 10.2. The van der Waals surface area contributed by atoms with Gasteiger partial charge in [-0.3, -0.25) is 4.79 Å². The maximum atomic E-state index is 10.7. The summed E-state index contributed by atoms with van der Waals surface area (Å²) in [5.74, 6) is 0.646. The number of carbonyl (C=O) groups is 1. The highest BCUT2D eigenvalue weighted by Crippen LogP contribution is 2.31. The van der Waals surface area contributed by atoms with Gasteiger partial charge in [-0.2, -0.15) is 0 Å². The van der Waals surface area contributed by atoms with Crippen molar-refractivity contribution in [2.45, 2.75) is 6.92 Å². The van der Waals surface area contributed by atoms with Crippen LogP contribution in [-0.4, -0.2) is 13.4 Å². The fourth-order valence-corrected chi connectivity index (χ4v) is 2.11. The number of aldehydes is 1. The number of methoxy groups -OCH3 is 1. The molecule has 0 aromatic heterocycles. The summed E-state index contributed by atoms with van der Waals surface area (Å²) < 4.78 is 5.20. The quantitative estimate of drug-likeness (QED) is 0.776. The number of rotatable bonds is 3. The number of ether oxygens (including phenoxy) is 1. The van der Waals surface area contributed by atoms with Gasteiger partial charge in [0, 0.05) is 5.56 Å². The predicted molar refractivity (Wildman–Crippen MR) is 73.6 cm³/mol. The summed E-state index contributed by atoms with van der Waals surface area (Å²) in [5.41, 5.74) is 3.81. The Morgan fingerprint density at radius 3 is 2.56 bits per heavy atom. The summed E-state index contributed by atoms with van der Waals surface area (Å²) >= 11 is 6.00. The van der Waals surface area contributed by atoms with Crippen LogP contribution in [0.25, 0.3) is 11.1 Å². The minimum absolute atomic E-state index is 0.586. The van der Waals surface area contributed by atoms with Crippen molar-refractivity contribution in [1.29, 1.82) is 0 Å². The minimum Gasteiger partial charge on any atom is -0.495 e. The van der Waals surface area contributed by atoms with Crippen molar-refractivity contribution in [1.82, 2.24) is 0 Å². The molecule has 0 bridgehead atoms. The van der Waals surface area contributed by atoms with Crippen molar-refractivity contribution in [2.24, 2.45) is 0 Å². The highest BCUT2D eigenvalue weighted by Gasteiger charge is 2.06. The van der Waals surface area contributed by atoms with E-state index in [0.29, 0.717) is 16.3 Å². The molecule has 0 unspecified atom stereocenters. The smallest absolute Gasteiger partial charge is 0.150 e. The zero-order chi connectivity index (χ0) is 13.1. The number of aryl methyl sites for hydroxylation is 1. The van der Waals surface area contributed by atoms with Crippen molar-refractivity contribution in [2.75, 3.05) is 7.11 Å². The summed E-state index contributed by atoms with van der Waals surface area (Å²) in [5, 5.41) is 0.586. The maximum Gasteiger partial charge on any atom is 0.150 e. The topological polar surface area (TPSA) is 26.3 Å². The molecular formula is C15H13ClO2. The number of halogens is 1. The second kappa shape index (κ2) is 5.23. The van der Waals surface area contributed by atoms with Crippen LogP contribution in [0.3, 0.4) is 0 Å². The molecule has 0 aliphatic heterocycles. The van der Waals surface area contributed by atoms with Gasteiger partial charge in [-0.1, -0.05) is 29.8 Å². The third-order valence-corrected chi connectivity index (χ3v) is 3.16. The van der Waals surface area contributed by atoms with Gasteiger partial charge in [0.25, 0.3) is 0 Å². The SMILES string of the molecule is COc1cc(-c2ccc(C=O)cc2C)ccc1Cl. The van der Waals surface area contributed by atoms with E-state index in [4.69, 9.17) is 16.3 Å². The van der Waals surface area contributed by atoms with Gasteiger partial charge >= 0.3 is 0 Å². The van der Waals surface area contributed by atoms with Gasteiger partial charge in [-0.25, -0.2) is 0 Å². The zero-order valence-corrected chi connectivity index (χ0v) is 11.0. The van der Waals surface area contributed by atoms with Crippen LogP contribution in [0, 0.1) is 6.92 Å². The Balaban J connectivity index is 2.51. The third-order valence-electron chi connectivity index (χ3n) is 2.85. The standard InChI is InChI=1S/C15H13ClO2/c1-10-7-11(9-17)3-5-13(10)12-4-6-14(16)15(8-12)18-2/h3-9H,1-2H3. The van der Waals surface area contributed by atoms with Crippen LogP contribution in [0.2, 0.25) is 5.02 Å². The summed E-state index contributed by atoms with van der Waals surface area (Å²) in [6.45, 7) is 1.98. The van der Waals surface area contributed by atoms with Crippen molar-refractivity contribution >= 4 is 17.9 Å². The van der Waals surface area contributed by atoms with E-state index in [2.05, 4.69) is 0 Å². The Kier molecular flexibility index (Phi) is 3.68. The van der Waals surface area contributed by atoms with Crippen LogP contribution >= 0.6 is 11.6 Å². The van der Waals surface area contributed by atoms with Gasteiger partial charge in [0.05, 0.1) is 12.1 Å². The Labute approximate surface area is 111 Å². The Hall–Kier alpha value is -1.80. The summed E-state index contributed by atoms with van der Waals surface area (Å²) in [7, 11) is 1.59. The van der Waals surface area contributed by atoms with E-state index in [9.17, 15) is 4.79 Å². The van der Waals surface area contributed by atoms with E-state index in [1.165, 1.54) is 0 Å². The second-order valence-corrected chi connectivity index (χ2v) is 4.45. The molecule has 0 saturated heterocycles. The lowest BCUT2D eigenvalue weighted by molar-refractivity contribution is 0.112. The molecule has 0 saturated carbocycles. The van der Waals surface area contributed by atoms with Gasteiger partial charge in [0.2, 0.25) is 0 Å². The lowest BCUT2D eigenvalue weighted by Gasteiger charge is -2.09. The average Bonchev–Trinajstić information content (AvgIpc) is 2.39. The molecule has 2 aromatic carbocycles. The van der Waals surface area contributed by atoms with E-state index in [-0.39, 0.29) is 0 Å². The average molecular weight is 261 g/mol. The summed E-state index contributed by atoms with van der Waals surface area (Å²) in [4.78, 5) is 10.7. The minimum atomic E-state index is 0.586. The first-order chi connectivity index (χ1) is 8.65. The van der Waals surface area contributed by atoms with Gasteiger partial charge in [0.1, 0.15) is 12.0 Å². The molecule has 2 aromatic rings. The molecule has 18 heavy (non-hydrogen) atoms. The fourth-order valence-electron chi connectivity index (χ4n) is 1.91. The number of hydrogen-bond donors (Lipinski definition) is 0. The molecule has 92 valence electrons. The molecule has 2 nitrogen and oxygen atoms in total. The number of hydrogen-bond acceptors (Lipinski definition) is 2. The van der Waals surface area contributed by atoms with Gasteiger partial charge in [-0.05, 0) is 41.8 Å². The van der Waals surface area contributed by atoms with Crippen molar-refractivity contribution < 1.29 is 9.53 Å². The van der Waals surface area contributed by atoms with Crippen molar-refractivity contribution in [3.05, 3.63) is 52.5 Å². The Bertz CT molecular complexity index is 591. The molecule has 0 fully saturated rings.